The lowest BCUT2D eigenvalue weighted by Crippen LogP contribution is -2.37. The number of hydrogen-bond acceptors (Lipinski definition) is 2. The van der Waals surface area contributed by atoms with Crippen LogP contribution in [0.5, 0.6) is 0 Å². The lowest BCUT2D eigenvalue weighted by molar-refractivity contribution is 0.0697. The van der Waals surface area contributed by atoms with Crippen LogP contribution in [0.3, 0.4) is 0 Å². The van der Waals surface area contributed by atoms with Gasteiger partial charge in [-0.1, -0.05) is 25.8 Å². The summed E-state index contributed by atoms with van der Waals surface area (Å²) in [6.07, 6.45) is 10.9. The van der Waals surface area contributed by atoms with Crippen LogP contribution in [0.4, 0.5) is 0 Å². The summed E-state index contributed by atoms with van der Waals surface area (Å²) in [5.74, 6) is 1.82. The summed E-state index contributed by atoms with van der Waals surface area (Å²) in [5, 5.41) is 1.28. The molecule has 1 saturated carbocycles. The summed E-state index contributed by atoms with van der Waals surface area (Å²) in [5.41, 5.74) is 5.02. The van der Waals surface area contributed by atoms with Gasteiger partial charge < -0.3 is 9.47 Å². The summed E-state index contributed by atoms with van der Waals surface area (Å²) < 4.78 is 2.43. The van der Waals surface area contributed by atoms with Crippen molar-refractivity contribution < 1.29 is 4.79 Å². The summed E-state index contributed by atoms with van der Waals surface area (Å²) in [4.78, 5) is 18.0. The average Bonchev–Trinajstić information content (AvgIpc) is 3.40. The number of fused-ring (bicyclic) bond motifs is 3. The van der Waals surface area contributed by atoms with Gasteiger partial charge in [0.25, 0.3) is 5.91 Å². The van der Waals surface area contributed by atoms with Crippen LogP contribution in [0.2, 0.25) is 0 Å². The van der Waals surface area contributed by atoms with Crippen molar-refractivity contribution >= 4 is 16.8 Å². The quantitative estimate of drug-likeness (QED) is 0.620. The van der Waals surface area contributed by atoms with Gasteiger partial charge in [-0.05, 0) is 61.3 Å². The molecule has 31 heavy (non-hydrogen) atoms. The molecule has 0 unspecified atom stereocenters. The molecule has 2 aromatic rings. The third kappa shape index (κ3) is 4.07. The van der Waals surface area contributed by atoms with E-state index >= 15 is 0 Å². The van der Waals surface area contributed by atoms with Gasteiger partial charge in [0.1, 0.15) is 0 Å². The fraction of sp³-hybridized carbons (Fsp3) is 0.593. The molecule has 0 radical (unpaired) electrons. The predicted molar refractivity (Wildman–Crippen MR) is 127 cm³/mol. The highest BCUT2D eigenvalue weighted by atomic mass is 16.2. The first-order valence-corrected chi connectivity index (χ1v) is 12.4. The molecule has 3 heterocycles. The monoisotopic (exact) mass is 419 g/mol. The van der Waals surface area contributed by atoms with Gasteiger partial charge in [-0.2, -0.15) is 0 Å². The van der Waals surface area contributed by atoms with E-state index < -0.39 is 0 Å². The number of allylic oxidation sites excluding steroid dienone is 1. The van der Waals surface area contributed by atoms with E-state index in [1.54, 1.807) is 0 Å². The van der Waals surface area contributed by atoms with Crippen molar-refractivity contribution in [1.29, 1.82) is 0 Å². The molecule has 1 aromatic carbocycles. The summed E-state index contributed by atoms with van der Waals surface area (Å²) in [7, 11) is 0. The normalized spacial score (nSPS) is 21.0. The SMILES string of the molecule is C=CCn1c2c(c3cc(C(=O)N4CCC(C)CC4)ccc31)CN(CC1CCCC1)CC2. The van der Waals surface area contributed by atoms with Crippen molar-refractivity contribution in [1.82, 2.24) is 14.4 Å². The minimum absolute atomic E-state index is 0.206. The van der Waals surface area contributed by atoms with Crippen LogP contribution in [0.15, 0.2) is 30.9 Å². The molecule has 1 saturated heterocycles. The molecular formula is C27H37N3O. The van der Waals surface area contributed by atoms with Gasteiger partial charge in [-0.15, -0.1) is 6.58 Å². The van der Waals surface area contributed by atoms with Crippen LogP contribution in [0.25, 0.3) is 10.9 Å². The molecule has 3 aliphatic rings. The van der Waals surface area contributed by atoms with E-state index in [4.69, 9.17) is 0 Å². The van der Waals surface area contributed by atoms with Crippen molar-refractivity contribution in [2.24, 2.45) is 11.8 Å². The zero-order chi connectivity index (χ0) is 21.4. The van der Waals surface area contributed by atoms with Crippen LogP contribution in [-0.2, 0) is 19.5 Å². The second kappa shape index (κ2) is 8.82. The van der Waals surface area contributed by atoms with E-state index in [0.717, 1.165) is 69.4 Å². The highest BCUT2D eigenvalue weighted by molar-refractivity contribution is 5.99. The number of nitrogens with zero attached hydrogens (tertiary/aromatic N) is 3. The van der Waals surface area contributed by atoms with Crippen molar-refractivity contribution in [2.45, 2.75) is 65.0 Å². The van der Waals surface area contributed by atoms with Gasteiger partial charge in [0.15, 0.2) is 0 Å². The van der Waals surface area contributed by atoms with Crippen LogP contribution >= 0.6 is 0 Å². The van der Waals surface area contributed by atoms with Crippen LogP contribution in [0, 0.1) is 11.8 Å². The molecule has 4 heteroatoms. The number of carbonyl (C=O) groups excluding carboxylic acids is 1. The molecule has 0 bridgehead atoms. The minimum Gasteiger partial charge on any atom is -0.340 e. The first-order valence-electron chi connectivity index (χ1n) is 12.4. The molecule has 2 fully saturated rings. The number of likely N-dealkylation sites (tertiary alicyclic amines) is 1. The average molecular weight is 420 g/mol. The second-order valence-corrected chi connectivity index (χ2v) is 10.2. The Labute approximate surface area is 186 Å². The van der Waals surface area contributed by atoms with Crippen LogP contribution in [0.1, 0.15) is 67.1 Å². The topological polar surface area (TPSA) is 28.5 Å². The van der Waals surface area contributed by atoms with Gasteiger partial charge in [-0.25, -0.2) is 0 Å². The third-order valence-corrected chi connectivity index (χ3v) is 7.95. The van der Waals surface area contributed by atoms with E-state index in [-0.39, 0.29) is 5.91 Å². The second-order valence-electron chi connectivity index (χ2n) is 10.2. The molecule has 0 atom stereocenters. The molecule has 2 aliphatic heterocycles. The zero-order valence-electron chi connectivity index (χ0n) is 19.1. The van der Waals surface area contributed by atoms with E-state index in [0.29, 0.717) is 0 Å². The molecule has 166 valence electrons. The lowest BCUT2D eigenvalue weighted by Gasteiger charge is -2.30. The molecule has 1 aliphatic carbocycles. The maximum atomic E-state index is 13.2. The maximum absolute atomic E-state index is 13.2. The summed E-state index contributed by atoms with van der Waals surface area (Å²) in [6, 6.07) is 6.41. The van der Waals surface area contributed by atoms with Gasteiger partial charge in [0.2, 0.25) is 0 Å². The molecule has 5 rings (SSSR count). The van der Waals surface area contributed by atoms with Crippen molar-refractivity contribution in [3.05, 3.63) is 47.7 Å². The van der Waals surface area contributed by atoms with E-state index in [2.05, 4.69) is 40.0 Å². The molecular weight excluding hydrogens is 382 g/mol. The first-order chi connectivity index (χ1) is 15.1. The number of benzene rings is 1. The van der Waals surface area contributed by atoms with Gasteiger partial charge in [-0.3, -0.25) is 9.69 Å². The van der Waals surface area contributed by atoms with Crippen molar-refractivity contribution in [3.8, 4) is 0 Å². The largest absolute Gasteiger partial charge is 0.340 e. The van der Waals surface area contributed by atoms with Crippen molar-refractivity contribution in [3.63, 3.8) is 0 Å². The first kappa shape index (κ1) is 20.8. The standard InChI is InChI=1S/C27H37N3O/c1-3-13-30-25-9-8-22(27(31)29-15-10-20(2)11-16-29)17-23(25)24-19-28(14-12-26(24)30)18-21-6-4-5-7-21/h3,8-9,17,20-21H,1,4-7,10-16,18-19H2,2H3. The Bertz CT molecular complexity index is 961. The smallest absolute Gasteiger partial charge is 0.253 e. The highest BCUT2D eigenvalue weighted by Gasteiger charge is 2.28. The number of amides is 1. The maximum Gasteiger partial charge on any atom is 0.253 e. The zero-order valence-corrected chi connectivity index (χ0v) is 19.1. The summed E-state index contributed by atoms with van der Waals surface area (Å²) in [6.45, 7) is 12.3. The predicted octanol–water partition coefficient (Wildman–Crippen LogP) is 5.25. The number of carbonyl (C=O) groups is 1. The van der Waals surface area contributed by atoms with E-state index in [1.807, 2.05) is 12.1 Å². The molecule has 1 aromatic heterocycles. The molecule has 0 N–H and O–H groups in total. The Morgan fingerprint density at radius 3 is 2.65 bits per heavy atom. The van der Waals surface area contributed by atoms with Crippen LogP contribution < -0.4 is 0 Å². The highest BCUT2D eigenvalue weighted by Crippen LogP contribution is 2.34. The Kier molecular flexibility index (Phi) is 5.92. The fourth-order valence-electron chi connectivity index (χ4n) is 6.08. The van der Waals surface area contributed by atoms with Gasteiger partial charge >= 0.3 is 0 Å². The lowest BCUT2D eigenvalue weighted by atomic mass is 9.98. The van der Waals surface area contributed by atoms with Crippen molar-refractivity contribution in [2.75, 3.05) is 26.2 Å². The number of rotatable bonds is 5. The molecule has 4 nitrogen and oxygen atoms in total. The summed E-state index contributed by atoms with van der Waals surface area (Å²) >= 11 is 0. The van der Waals surface area contributed by atoms with E-state index in [9.17, 15) is 4.79 Å². The molecule has 0 spiro atoms. The molecule has 1 amide bonds. The van der Waals surface area contributed by atoms with Gasteiger partial charge in [0.05, 0.1) is 0 Å². The fourth-order valence-corrected chi connectivity index (χ4v) is 6.08. The number of piperidine rings is 1. The van der Waals surface area contributed by atoms with Gasteiger partial charge in [0, 0.05) is 67.8 Å². The minimum atomic E-state index is 0.206. The third-order valence-electron chi connectivity index (χ3n) is 7.95. The Hall–Kier alpha value is -2.07. The van der Waals surface area contributed by atoms with E-state index in [1.165, 1.54) is 54.4 Å². The Morgan fingerprint density at radius 2 is 1.90 bits per heavy atom. The number of hydrogen-bond donors (Lipinski definition) is 0. The van der Waals surface area contributed by atoms with Crippen LogP contribution in [-0.4, -0.2) is 46.5 Å². The number of aromatic nitrogens is 1. The Morgan fingerprint density at radius 1 is 1.13 bits per heavy atom. The Balaban J connectivity index is 1.45.